The maximum atomic E-state index is 11.9. The molecule has 20 heavy (non-hydrogen) atoms. The number of aromatic nitrogens is 1. The minimum atomic E-state index is -3.48. The molecule has 2 rings (SSSR count). The monoisotopic (exact) mass is 292 g/mol. The minimum Gasteiger partial charge on any atom is -0.385 e. The molecule has 0 fully saturated rings. The van der Waals surface area contributed by atoms with Gasteiger partial charge in [-0.3, -0.25) is 4.98 Å². The third kappa shape index (κ3) is 4.41. The van der Waals surface area contributed by atoms with Crippen LogP contribution in [-0.4, -0.2) is 25.1 Å². The molecule has 0 bridgehead atoms. The molecule has 0 amide bonds. The van der Waals surface area contributed by atoms with E-state index in [1.54, 1.807) is 48.7 Å². The zero-order chi connectivity index (χ0) is 14.4. The Bertz CT molecular complexity index is 630. The van der Waals surface area contributed by atoms with Crippen LogP contribution in [0.5, 0.6) is 0 Å². The molecule has 0 saturated carbocycles. The van der Waals surface area contributed by atoms with E-state index in [2.05, 4.69) is 9.71 Å². The van der Waals surface area contributed by atoms with Crippen molar-refractivity contribution in [2.75, 3.05) is 6.54 Å². The highest BCUT2D eigenvalue weighted by Gasteiger charge is 2.15. The molecule has 5 nitrogen and oxygen atoms in total. The van der Waals surface area contributed by atoms with E-state index in [0.29, 0.717) is 11.3 Å². The third-order valence-electron chi connectivity index (χ3n) is 2.73. The molecule has 0 aliphatic carbocycles. The molecular weight excluding hydrogens is 276 g/mol. The summed E-state index contributed by atoms with van der Waals surface area (Å²) in [5.41, 5.74) is 1.14. The number of aliphatic hydroxyl groups excluding tert-OH is 1. The van der Waals surface area contributed by atoms with Crippen molar-refractivity contribution in [3.63, 3.8) is 0 Å². The van der Waals surface area contributed by atoms with E-state index in [9.17, 15) is 13.5 Å². The van der Waals surface area contributed by atoms with Crippen molar-refractivity contribution >= 4 is 10.0 Å². The Labute approximate surface area is 118 Å². The average molecular weight is 292 g/mol. The lowest BCUT2D eigenvalue weighted by atomic mass is 10.2. The zero-order valence-electron chi connectivity index (χ0n) is 10.8. The average Bonchev–Trinajstić information content (AvgIpc) is 2.46. The van der Waals surface area contributed by atoms with Crippen molar-refractivity contribution in [3.05, 3.63) is 66.0 Å². The first kappa shape index (κ1) is 14.6. The molecule has 0 aliphatic heterocycles. The topological polar surface area (TPSA) is 79.3 Å². The predicted molar refractivity (Wildman–Crippen MR) is 76.3 cm³/mol. The lowest BCUT2D eigenvalue weighted by Gasteiger charge is -2.11. The van der Waals surface area contributed by atoms with Gasteiger partial charge < -0.3 is 5.11 Å². The molecule has 0 spiro atoms. The van der Waals surface area contributed by atoms with Crippen LogP contribution in [0.25, 0.3) is 0 Å². The Kier molecular flexibility index (Phi) is 4.84. The second-order valence-electron chi connectivity index (χ2n) is 4.36. The quantitative estimate of drug-likeness (QED) is 0.839. The standard InChI is InChI=1S/C14H16N2O3S/c17-14(13-8-4-5-9-15-13)10-16-20(18,19)11-12-6-2-1-3-7-12/h1-9,14,16-17H,10-11H2/t14-/m0/s1. The molecule has 1 heterocycles. The number of nitrogens with zero attached hydrogens (tertiary/aromatic N) is 1. The summed E-state index contributed by atoms with van der Waals surface area (Å²) in [4.78, 5) is 3.98. The maximum absolute atomic E-state index is 11.9. The van der Waals surface area contributed by atoms with Crippen molar-refractivity contribution in [1.29, 1.82) is 0 Å². The van der Waals surface area contributed by atoms with Crippen molar-refractivity contribution in [2.45, 2.75) is 11.9 Å². The molecule has 1 atom stereocenters. The molecular formula is C14H16N2O3S. The fourth-order valence-electron chi connectivity index (χ4n) is 1.73. The first-order valence-corrected chi connectivity index (χ1v) is 7.82. The Hall–Kier alpha value is -1.76. The summed E-state index contributed by atoms with van der Waals surface area (Å²) in [7, 11) is -3.48. The summed E-state index contributed by atoms with van der Waals surface area (Å²) < 4.78 is 26.2. The number of rotatable bonds is 6. The lowest BCUT2D eigenvalue weighted by molar-refractivity contribution is 0.177. The summed E-state index contributed by atoms with van der Waals surface area (Å²) in [5.74, 6) is -0.108. The first-order valence-electron chi connectivity index (χ1n) is 6.17. The summed E-state index contributed by atoms with van der Waals surface area (Å²) in [6, 6.07) is 14.0. The van der Waals surface area contributed by atoms with Gasteiger partial charge in [-0.25, -0.2) is 13.1 Å². The molecule has 1 aromatic heterocycles. The SMILES string of the molecule is O=S(=O)(Cc1ccccc1)NC[C@H](O)c1ccccn1. The van der Waals surface area contributed by atoms with Crippen LogP contribution in [-0.2, 0) is 15.8 Å². The highest BCUT2D eigenvalue weighted by Crippen LogP contribution is 2.09. The van der Waals surface area contributed by atoms with Crippen molar-refractivity contribution in [1.82, 2.24) is 9.71 Å². The van der Waals surface area contributed by atoms with Crippen molar-refractivity contribution in [3.8, 4) is 0 Å². The van der Waals surface area contributed by atoms with Crippen LogP contribution in [0, 0.1) is 0 Å². The fourth-order valence-corrected chi connectivity index (χ4v) is 2.87. The third-order valence-corrected chi connectivity index (χ3v) is 4.05. The molecule has 0 radical (unpaired) electrons. The largest absolute Gasteiger partial charge is 0.385 e. The maximum Gasteiger partial charge on any atom is 0.215 e. The first-order chi connectivity index (χ1) is 9.57. The van der Waals surface area contributed by atoms with Gasteiger partial charge in [0.1, 0.15) is 6.10 Å². The van der Waals surface area contributed by atoms with Gasteiger partial charge in [-0.2, -0.15) is 0 Å². The summed E-state index contributed by atoms with van der Waals surface area (Å²) in [6.45, 7) is -0.0911. The van der Waals surface area contributed by atoms with Crippen molar-refractivity contribution < 1.29 is 13.5 Å². The van der Waals surface area contributed by atoms with Crippen molar-refractivity contribution in [2.24, 2.45) is 0 Å². The fraction of sp³-hybridized carbons (Fsp3) is 0.214. The Morgan fingerprint density at radius 3 is 2.45 bits per heavy atom. The molecule has 106 valence electrons. The van der Waals surface area contributed by atoms with Gasteiger partial charge in [0.2, 0.25) is 10.0 Å². The number of nitrogens with one attached hydrogen (secondary N) is 1. The van der Waals surface area contributed by atoms with Gasteiger partial charge in [-0.05, 0) is 17.7 Å². The number of benzene rings is 1. The summed E-state index contributed by atoms with van der Waals surface area (Å²) in [6.07, 6.45) is 0.596. The Morgan fingerprint density at radius 2 is 1.80 bits per heavy atom. The second kappa shape index (κ2) is 6.60. The van der Waals surface area contributed by atoms with Gasteiger partial charge in [-0.1, -0.05) is 36.4 Å². The highest BCUT2D eigenvalue weighted by molar-refractivity contribution is 7.88. The second-order valence-corrected chi connectivity index (χ2v) is 6.17. The van der Waals surface area contributed by atoms with Crippen LogP contribution >= 0.6 is 0 Å². The number of hydrogen-bond acceptors (Lipinski definition) is 4. The molecule has 2 N–H and O–H groups in total. The normalized spacial score (nSPS) is 13.1. The van der Waals surface area contributed by atoms with Crippen LogP contribution in [0.15, 0.2) is 54.7 Å². The molecule has 0 aliphatic rings. The predicted octanol–water partition coefficient (Wildman–Crippen LogP) is 1.23. The van der Waals surface area contributed by atoms with Gasteiger partial charge in [0.25, 0.3) is 0 Å². The Balaban J connectivity index is 1.93. The molecule has 6 heteroatoms. The zero-order valence-corrected chi connectivity index (χ0v) is 11.6. The van der Waals surface area contributed by atoms with Crippen LogP contribution in [0.4, 0.5) is 0 Å². The van der Waals surface area contributed by atoms with E-state index < -0.39 is 16.1 Å². The van der Waals surface area contributed by atoms with Crippen LogP contribution in [0.1, 0.15) is 17.4 Å². The van der Waals surface area contributed by atoms with E-state index in [0.717, 1.165) is 0 Å². The van der Waals surface area contributed by atoms with Gasteiger partial charge in [0.05, 0.1) is 11.4 Å². The van der Waals surface area contributed by atoms with E-state index in [1.165, 1.54) is 0 Å². The summed E-state index contributed by atoms with van der Waals surface area (Å²) in [5, 5.41) is 9.86. The van der Waals surface area contributed by atoms with Gasteiger partial charge in [0, 0.05) is 12.7 Å². The number of sulfonamides is 1. The molecule has 2 aromatic rings. The molecule has 0 unspecified atom stereocenters. The summed E-state index contributed by atoms with van der Waals surface area (Å²) >= 11 is 0. The van der Waals surface area contributed by atoms with E-state index in [-0.39, 0.29) is 12.3 Å². The van der Waals surface area contributed by atoms with E-state index in [1.807, 2.05) is 6.07 Å². The van der Waals surface area contributed by atoms with Crippen LogP contribution < -0.4 is 4.72 Å². The van der Waals surface area contributed by atoms with Gasteiger partial charge in [0.15, 0.2) is 0 Å². The number of pyridine rings is 1. The minimum absolute atomic E-state index is 0.0911. The lowest BCUT2D eigenvalue weighted by Crippen LogP contribution is -2.29. The van der Waals surface area contributed by atoms with E-state index in [4.69, 9.17) is 0 Å². The van der Waals surface area contributed by atoms with Crippen LogP contribution in [0.3, 0.4) is 0 Å². The van der Waals surface area contributed by atoms with Crippen LogP contribution in [0.2, 0.25) is 0 Å². The van der Waals surface area contributed by atoms with E-state index >= 15 is 0 Å². The smallest absolute Gasteiger partial charge is 0.215 e. The molecule has 0 saturated heterocycles. The number of hydrogen-bond donors (Lipinski definition) is 2. The number of aliphatic hydroxyl groups is 1. The van der Waals surface area contributed by atoms with Gasteiger partial charge >= 0.3 is 0 Å². The highest BCUT2D eigenvalue weighted by atomic mass is 32.2. The van der Waals surface area contributed by atoms with Gasteiger partial charge in [-0.15, -0.1) is 0 Å². The Morgan fingerprint density at radius 1 is 1.10 bits per heavy atom. The molecule has 1 aromatic carbocycles.